The van der Waals surface area contributed by atoms with Crippen LogP contribution in [0.5, 0.6) is 11.5 Å². The largest absolute Gasteiger partial charge is 0.453 e. The third-order valence-electron chi connectivity index (χ3n) is 12.3. The van der Waals surface area contributed by atoms with Crippen molar-refractivity contribution in [3.05, 3.63) is 237 Å². The zero-order valence-electron chi connectivity index (χ0n) is 33.1. The molecule has 2 aliphatic heterocycles. The number of anilines is 3. The predicted molar refractivity (Wildman–Crippen MR) is 257 cm³/mol. The Morgan fingerprint density at radius 3 is 1.38 bits per heavy atom. The minimum absolute atomic E-state index is 0.711. The molecule has 0 aliphatic carbocycles. The molecule has 4 nitrogen and oxygen atoms in total. The number of para-hydroxylation sites is 4. The fourth-order valence-corrected chi connectivity index (χ4v) is 22.0. The number of nitrogens with zero attached hydrogens (tertiary/aromatic N) is 1. The van der Waals surface area contributed by atoms with Gasteiger partial charge in [-0.25, -0.2) is 0 Å². The van der Waals surface area contributed by atoms with Crippen LogP contribution < -0.4 is 62.2 Å². The summed E-state index contributed by atoms with van der Waals surface area (Å²) in [5.74, 6) is 1.52. The molecular weight excluding hydrogens is 801 g/mol. The number of benzene rings is 9. The van der Waals surface area contributed by atoms with Gasteiger partial charge in [-0.05, 0) is 69.3 Å². The molecule has 9 aromatic carbocycles. The Kier molecular flexibility index (Phi) is 9.02. The average molecular weight is 840 g/mol. The lowest BCUT2D eigenvalue weighted by atomic mass is 10.1. The van der Waals surface area contributed by atoms with Gasteiger partial charge in [-0.3, -0.25) is 0 Å². The minimum Gasteiger partial charge on any atom is -0.453 e. The van der Waals surface area contributed by atoms with Crippen molar-refractivity contribution < 1.29 is 13.9 Å². The summed E-state index contributed by atoms with van der Waals surface area (Å²) >= 11 is 0. The van der Waals surface area contributed by atoms with Gasteiger partial charge in [0.1, 0.15) is 0 Å². The highest BCUT2D eigenvalue weighted by Crippen LogP contribution is 2.51. The highest BCUT2D eigenvalue weighted by molar-refractivity contribution is 7.87. The van der Waals surface area contributed by atoms with Crippen molar-refractivity contribution in [2.75, 3.05) is 4.90 Å². The van der Waals surface area contributed by atoms with Crippen LogP contribution in [0.2, 0.25) is 0 Å². The highest BCUT2D eigenvalue weighted by Gasteiger charge is 2.54. The van der Waals surface area contributed by atoms with Crippen molar-refractivity contribution in [3.8, 4) is 11.5 Å². The van der Waals surface area contributed by atoms with Gasteiger partial charge in [-0.1, -0.05) is 188 Å². The van der Waals surface area contributed by atoms with Crippen LogP contribution in [-0.2, 0) is 9.13 Å². The summed E-state index contributed by atoms with van der Waals surface area (Å²) in [4.78, 5) is 2.27. The van der Waals surface area contributed by atoms with E-state index in [1.165, 1.54) is 0 Å². The third kappa shape index (κ3) is 5.66. The molecule has 61 heavy (non-hydrogen) atoms. The van der Waals surface area contributed by atoms with Crippen LogP contribution in [0, 0.1) is 0 Å². The molecule has 0 bridgehead atoms. The second-order valence-corrected chi connectivity index (χ2v) is 24.7. The van der Waals surface area contributed by atoms with Crippen molar-refractivity contribution in [1.82, 2.24) is 0 Å². The summed E-state index contributed by atoms with van der Waals surface area (Å²) in [6.07, 6.45) is 0. The lowest BCUT2D eigenvalue weighted by Crippen LogP contribution is -2.82. The Morgan fingerprint density at radius 1 is 0.426 bits per heavy atom. The summed E-state index contributed by atoms with van der Waals surface area (Å²) in [5, 5.41) is 8.90. The third-order valence-corrected chi connectivity index (χ3v) is 23.8. The number of hydrogen-bond donors (Lipinski definition) is 0. The molecule has 1 unspecified atom stereocenters. The number of fused-ring (bicyclic) bond motifs is 4. The lowest BCUT2D eigenvalue weighted by molar-refractivity contribution is 0.477. The summed E-state index contributed by atoms with van der Waals surface area (Å²) in [6, 6.07) is 80.1. The first-order chi connectivity index (χ1) is 30.0. The maximum absolute atomic E-state index is 16.9. The molecule has 2 heterocycles. The zero-order chi connectivity index (χ0) is 41.0. The average Bonchev–Trinajstić information content (AvgIpc) is 3.34. The number of ether oxygens (including phenoxy) is 1. The normalized spacial score (nSPS) is 16.0. The van der Waals surface area contributed by atoms with Crippen LogP contribution in [0.4, 0.5) is 17.1 Å². The second kappa shape index (κ2) is 14.8. The van der Waals surface area contributed by atoms with Crippen LogP contribution in [0.25, 0.3) is 0 Å². The summed E-state index contributed by atoms with van der Waals surface area (Å²) in [5.41, 5.74) is 2.78. The van der Waals surface area contributed by atoms with Gasteiger partial charge >= 0.3 is 0 Å². The molecule has 0 saturated carbocycles. The van der Waals surface area contributed by atoms with Gasteiger partial charge < -0.3 is 18.8 Å². The van der Waals surface area contributed by atoms with E-state index in [0.29, 0.717) is 5.30 Å². The first-order valence-corrected chi connectivity index (χ1v) is 25.9. The molecule has 2 aliphatic rings. The number of rotatable bonds is 7. The Labute approximate surface area is 357 Å². The fraction of sp³-hybridized carbons (Fsp3) is 0. The maximum atomic E-state index is 16.9. The van der Waals surface area contributed by atoms with Crippen molar-refractivity contribution in [1.29, 1.82) is 0 Å². The van der Waals surface area contributed by atoms with E-state index >= 15 is 9.13 Å². The molecule has 1 atom stereocenters. The van der Waals surface area contributed by atoms with Gasteiger partial charge in [-0.2, -0.15) is 0 Å². The van der Waals surface area contributed by atoms with E-state index in [2.05, 4.69) is 108 Å². The van der Waals surface area contributed by atoms with Gasteiger partial charge in [-0.15, -0.1) is 0 Å². The van der Waals surface area contributed by atoms with Crippen molar-refractivity contribution in [2.45, 2.75) is 0 Å². The molecule has 0 aromatic heterocycles. The van der Waals surface area contributed by atoms with Crippen LogP contribution in [0.3, 0.4) is 0 Å². The van der Waals surface area contributed by atoms with Crippen molar-refractivity contribution >= 4 is 92.0 Å². The molecule has 0 saturated heterocycles. The Balaban J connectivity index is 1.30. The van der Waals surface area contributed by atoms with Gasteiger partial charge in [0.15, 0.2) is 33.9 Å². The standard InChI is InChI=1S/C54H39NO3P2Si/c56-59(41-20-6-1-7-21-41,42-22-8-2-9-23-42)44-35-37-52-54(39-44)61(45-26-12-4-13-27-45,46-28-14-5-15-29-46)53-38-40(34-36-51(53)60(52,57)43-24-10-3-11-25-43)55-47-30-16-18-32-49(47)58-50-33-19-17-31-48(50)55/h1-39H. The summed E-state index contributed by atoms with van der Waals surface area (Å²) < 4.78 is 39.7. The van der Waals surface area contributed by atoms with Crippen LogP contribution in [0.15, 0.2) is 237 Å². The molecule has 7 heteroatoms. The quantitative estimate of drug-likeness (QED) is 0.120. The summed E-state index contributed by atoms with van der Waals surface area (Å²) in [6.45, 7) is 0. The lowest BCUT2D eigenvalue weighted by Gasteiger charge is -2.44. The van der Waals surface area contributed by atoms with E-state index in [-0.39, 0.29) is 0 Å². The topological polar surface area (TPSA) is 46.6 Å². The first kappa shape index (κ1) is 37.3. The van der Waals surface area contributed by atoms with E-state index in [4.69, 9.17) is 4.74 Å². The van der Waals surface area contributed by atoms with Gasteiger partial charge in [0, 0.05) is 37.5 Å². The maximum Gasteiger partial charge on any atom is 0.181 e. The Hall–Kier alpha value is -6.74. The van der Waals surface area contributed by atoms with E-state index in [0.717, 1.165) is 75.8 Å². The molecule has 0 N–H and O–H groups in total. The summed E-state index contributed by atoms with van der Waals surface area (Å²) in [7, 11) is -10.5. The molecule has 292 valence electrons. The predicted octanol–water partition coefficient (Wildman–Crippen LogP) is 8.23. The van der Waals surface area contributed by atoms with E-state index in [1.807, 2.05) is 133 Å². The highest BCUT2D eigenvalue weighted by atomic mass is 31.2. The van der Waals surface area contributed by atoms with E-state index in [1.54, 1.807) is 0 Å². The van der Waals surface area contributed by atoms with Crippen molar-refractivity contribution in [3.63, 3.8) is 0 Å². The van der Waals surface area contributed by atoms with Gasteiger partial charge in [0.25, 0.3) is 0 Å². The Morgan fingerprint density at radius 2 is 0.852 bits per heavy atom. The van der Waals surface area contributed by atoms with Crippen LogP contribution in [-0.4, -0.2) is 8.07 Å². The number of hydrogen-bond acceptors (Lipinski definition) is 4. The molecule has 0 spiro atoms. The van der Waals surface area contributed by atoms with E-state index in [9.17, 15) is 0 Å². The first-order valence-electron chi connectivity index (χ1n) is 20.5. The zero-order valence-corrected chi connectivity index (χ0v) is 35.9. The fourth-order valence-electron chi connectivity index (χ4n) is 9.59. The van der Waals surface area contributed by atoms with Crippen LogP contribution >= 0.6 is 14.3 Å². The molecule has 0 amide bonds. The van der Waals surface area contributed by atoms with Gasteiger partial charge in [0.2, 0.25) is 0 Å². The smallest absolute Gasteiger partial charge is 0.181 e. The monoisotopic (exact) mass is 839 g/mol. The van der Waals surface area contributed by atoms with E-state index < -0.39 is 22.4 Å². The van der Waals surface area contributed by atoms with Crippen molar-refractivity contribution in [2.24, 2.45) is 0 Å². The molecule has 0 radical (unpaired) electrons. The molecule has 0 fully saturated rings. The SMILES string of the molecule is O=P(c1ccccc1)(c1ccccc1)c1ccc2c(c1)[Si](c1ccccc1)(c1ccccc1)c1cc(N3c4ccccc4Oc4ccccc43)ccc1P2(=O)c1ccccc1. The second-order valence-electron chi connectivity index (χ2n) is 15.5. The minimum atomic E-state index is -3.57. The molecular formula is C54H39NO3P2Si. The van der Waals surface area contributed by atoms with Crippen LogP contribution in [0.1, 0.15) is 0 Å². The Bertz CT molecular complexity index is 3050. The molecule has 11 rings (SSSR count). The van der Waals surface area contributed by atoms with Gasteiger partial charge in [0.05, 0.1) is 11.4 Å². The molecule has 9 aromatic rings.